The van der Waals surface area contributed by atoms with Crippen LogP contribution in [0.2, 0.25) is 0 Å². The molecule has 0 aliphatic carbocycles. The van der Waals surface area contributed by atoms with E-state index in [1.54, 1.807) is 41.2 Å². The van der Waals surface area contributed by atoms with E-state index in [-0.39, 0.29) is 35.7 Å². The van der Waals surface area contributed by atoms with Crippen LogP contribution in [0.4, 0.5) is 0 Å². The normalized spacial score (nSPS) is 11.1. The summed E-state index contributed by atoms with van der Waals surface area (Å²) in [6.45, 7) is 1.97. The minimum Gasteiger partial charge on any atom is -0.311 e. The van der Waals surface area contributed by atoms with Gasteiger partial charge in [0, 0.05) is 23.3 Å². The minimum atomic E-state index is -0.251. The number of nitrogens with zero attached hydrogens (tertiary/aromatic N) is 1. The number of aryl methyl sites for hydroxylation is 1. The Morgan fingerprint density at radius 1 is 0.828 bits per heavy atom. The molecule has 148 valence electrons. The monoisotopic (exact) mass is 517 g/mol. The Kier molecular flexibility index (Phi) is 8.60. The molecule has 0 fully saturated rings. The molecule has 0 saturated heterocycles. The largest absolute Gasteiger partial charge is 0.311 e. The summed E-state index contributed by atoms with van der Waals surface area (Å²) in [6.07, 6.45) is 5.43. The lowest BCUT2D eigenvalue weighted by Crippen LogP contribution is -2.39. The highest BCUT2D eigenvalue weighted by atomic mass is 127. The highest BCUT2D eigenvalue weighted by Crippen LogP contribution is 2.19. The van der Waals surface area contributed by atoms with Gasteiger partial charge in [0.05, 0.1) is 0 Å². The molecule has 0 spiro atoms. The summed E-state index contributed by atoms with van der Waals surface area (Å²) in [5, 5.41) is 3.41. The van der Waals surface area contributed by atoms with Crippen LogP contribution in [0.5, 0.6) is 0 Å². The third-order valence-corrected chi connectivity index (χ3v) is 4.89. The highest BCUT2D eigenvalue weighted by Gasteiger charge is 2.27. The molecule has 29 heavy (non-hydrogen) atoms. The zero-order valence-corrected chi connectivity index (χ0v) is 19.3. The predicted molar refractivity (Wildman–Crippen MR) is 128 cm³/mol. The number of pyridine rings is 1. The van der Waals surface area contributed by atoms with Gasteiger partial charge in [-0.1, -0.05) is 54.1 Å². The molecule has 3 aromatic rings. The number of carbonyl (C=O) groups excluding carboxylic acids is 2. The maximum absolute atomic E-state index is 13.3. The van der Waals surface area contributed by atoms with Crippen LogP contribution in [0.25, 0.3) is 5.70 Å². The molecule has 1 heterocycles. The van der Waals surface area contributed by atoms with Crippen LogP contribution in [0.3, 0.4) is 0 Å². The van der Waals surface area contributed by atoms with Crippen molar-refractivity contribution < 1.29 is 14.2 Å². The predicted octanol–water partition coefficient (Wildman–Crippen LogP) is 4.70. The summed E-state index contributed by atoms with van der Waals surface area (Å²) in [4.78, 5) is 26.0. The third kappa shape index (κ3) is 5.77. The van der Waals surface area contributed by atoms with E-state index >= 15 is 0 Å². The van der Waals surface area contributed by atoms with Crippen LogP contribution in [-0.4, -0.2) is 17.9 Å². The number of carbonyl (C=O) groups is 2. The van der Waals surface area contributed by atoms with E-state index in [0.29, 0.717) is 21.9 Å². The van der Waals surface area contributed by atoms with Crippen molar-refractivity contribution in [3.8, 4) is 0 Å². The van der Waals surface area contributed by atoms with E-state index in [9.17, 15) is 9.59 Å². The maximum atomic E-state index is 13.3. The van der Waals surface area contributed by atoms with E-state index in [1.165, 1.54) is 11.8 Å². The Hall–Kier alpha value is -2.45. The Labute approximate surface area is 192 Å². The molecule has 6 heteroatoms. The lowest BCUT2D eigenvalue weighted by atomic mass is 10.1. The summed E-state index contributed by atoms with van der Waals surface area (Å²) in [7, 11) is 0. The Morgan fingerprint density at radius 2 is 1.41 bits per heavy atom. The number of ketones is 1. The first-order chi connectivity index (χ1) is 13.6. The quantitative estimate of drug-likeness (QED) is 0.223. The zero-order valence-electron chi connectivity index (χ0n) is 16.2. The molecule has 0 radical (unpaired) electrons. The molecule has 1 N–H and O–H groups in total. The van der Waals surface area contributed by atoms with Gasteiger partial charge in [-0.2, -0.15) is 4.57 Å². The third-order valence-electron chi connectivity index (χ3n) is 4.18. The molecular formula is C23H22IN2O2S+. The van der Waals surface area contributed by atoms with Crippen LogP contribution in [-0.2, 0) is 0 Å². The van der Waals surface area contributed by atoms with E-state index in [2.05, 4.69) is 5.32 Å². The number of nitrogens with one attached hydrogen (secondary N) is 1. The second-order valence-electron chi connectivity index (χ2n) is 6.18. The molecular weight excluding hydrogens is 495 g/mol. The molecule has 1 amide bonds. The van der Waals surface area contributed by atoms with Crippen LogP contribution in [0.1, 0.15) is 26.3 Å². The maximum Gasteiger partial charge on any atom is 0.289 e. The molecule has 1 aromatic heterocycles. The first-order valence-corrected chi connectivity index (χ1v) is 10.1. The zero-order chi connectivity index (χ0) is 19.9. The van der Waals surface area contributed by atoms with E-state index in [4.69, 9.17) is 0 Å². The van der Waals surface area contributed by atoms with Crippen molar-refractivity contribution >= 4 is 53.1 Å². The first-order valence-electron chi connectivity index (χ1n) is 8.83. The molecule has 4 nitrogen and oxygen atoms in total. The topological polar surface area (TPSA) is 50.1 Å². The average molecular weight is 517 g/mol. The van der Waals surface area contributed by atoms with E-state index in [0.717, 1.165) is 5.56 Å². The van der Waals surface area contributed by atoms with Crippen molar-refractivity contribution in [3.05, 3.63) is 107 Å². The van der Waals surface area contributed by atoms with Gasteiger partial charge in [-0.3, -0.25) is 9.59 Å². The number of hydrogen-bond donors (Lipinski definition) is 1. The minimum absolute atomic E-state index is 0. The fourth-order valence-electron chi connectivity index (χ4n) is 2.70. The highest BCUT2D eigenvalue weighted by molar-refractivity contribution is 14.0. The number of allylic oxidation sites excluding steroid dienone is 1. The molecule has 0 atom stereocenters. The molecule has 0 unspecified atom stereocenters. The van der Waals surface area contributed by atoms with Gasteiger partial charge in [0.1, 0.15) is 0 Å². The number of Topliss-reactive ketones (excluding diaryl/α,β-unsaturated/α-hetero) is 1. The van der Waals surface area contributed by atoms with Crippen LogP contribution >= 0.6 is 35.7 Å². The fourth-order valence-corrected chi connectivity index (χ4v) is 3.28. The van der Waals surface area contributed by atoms with Crippen molar-refractivity contribution in [1.82, 2.24) is 5.32 Å². The first kappa shape index (κ1) is 22.8. The van der Waals surface area contributed by atoms with Gasteiger partial charge >= 0.3 is 0 Å². The number of hydrogen-bond acceptors (Lipinski definition) is 3. The number of thioether (sulfide) groups is 1. The summed E-state index contributed by atoms with van der Waals surface area (Å²) in [5.74, 6) is -0.412. The van der Waals surface area contributed by atoms with Gasteiger partial charge < -0.3 is 5.32 Å². The second-order valence-corrected chi connectivity index (χ2v) is 7.00. The van der Waals surface area contributed by atoms with Gasteiger partial charge in [-0.25, -0.2) is 0 Å². The van der Waals surface area contributed by atoms with Crippen molar-refractivity contribution in [2.24, 2.45) is 0 Å². The van der Waals surface area contributed by atoms with Gasteiger partial charge in [0.25, 0.3) is 17.4 Å². The standard InChI is InChI=1S/C23H20N2O2S.HI/c1-17-11-13-19(14-12-17)22(27)24-23(28-2)20(25-15-7-4-8-16-25)21(26)18-9-5-3-6-10-18;/h3-16H,1-2H3;1H/p+1. The van der Waals surface area contributed by atoms with Crippen molar-refractivity contribution in [2.75, 3.05) is 6.26 Å². The van der Waals surface area contributed by atoms with Crippen LogP contribution in [0.15, 0.2) is 90.2 Å². The Bertz CT molecular complexity index is 1000. The summed E-state index contributed by atoms with van der Waals surface area (Å²) in [6, 6.07) is 21.9. The Balaban J connectivity index is 0.00000300. The van der Waals surface area contributed by atoms with Gasteiger partial charge in [-0.15, -0.1) is 35.7 Å². The number of benzene rings is 2. The fraction of sp³-hybridized carbons (Fsp3) is 0.0870. The van der Waals surface area contributed by atoms with Crippen molar-refractivity contribution in [3.63, 3.8) is 0 Å². The van der Waals surface area contributed by atoms with Gasteiger partial charge in [0.15, 0.2) is 17.4 Å². The number of rotatable bonds is 6. The van der Waals surface area contributed by atoms with Crippen molar-refractivity contribution in [2.45, 2.75) is 6.92 Å². The smallest absolute Gasteiger partial charge is 0.289 e. The molecule has 2 aromatic carbocycles. The van der Waals surface area contributed by atoms with Crippen LogP contribution < -0.4 is 9.88 Å². The molecule has 0 bridgehead atoms. The molecule has 0 aliphatic heterocycles. The number of halogens is 1. The van der Waals surface area contributed by atoms with E-state index < -0.39 is 0 Å². The summed E-state index contributed by atoms with van der Waals surface area (Å²) in [5.41, 5.74) is 2.59. The molecule has 0 aliphatic rings. The van der Waals surface area contributed by atoms with Crippen molar-refractivity contribution in [1.29, 1.82) is 0 Å². The average Bonchev–Trinajstić information content (AvgIpc) is 2.75. The van der Waals surface area contributed by atoms with E-state index in [1.807, 2.05) is 61.7 Å². The number of aromatic nitrogens is 1. The van der Waals surface area contributed by atoms with Gasteiger partial charge in [-0.05, 0) is 25.3 Å². The van der Waals surface area contributed by atoms with Crippen LogP contribution in [0, 0.1) is 6.92 Å². The van der Waals surface area contributed by atoms with Gasteiger partial charge in [0.2, 0.25) is 0 Å². The molecule has 3 rings (SSSR count). The summed E-state index contributed by atoms with van der Waals surface area (Å²) >= 11 is 1.33. The number of amides is 1. The summed E-state index contributed by atoms with van der Waals surface area (Å²) < 4.78 is 1.73. The SMILES string of the molecule is CS/C(NC(=O)c1ccc(C)cc1)=C(/C(=O)c1ccccc1)[n+]1ccccc1.I. The lowest BCUT2D eigenvalue weighted by Gasteiger charge is -2.10. The lowest BCUT2D eigenvalue weighted by molar-refractivity contribution is -0.577. The Morgan fingerprint density at radius 3 is 2.00 bits per heavy atom. The second kappa shape index (κ2) is 10.9. The molecule has 0 saturated carbocycles.